The van der Waals surface area contributed by atoms with Gasteiger partial charge in [0.2, 0.25) is 5.91 Å². The summed E-state index contributed by atoms with van der Waals surface area (Å²) in [5.41, 5.74) is 1.84. The number of carbonyl (C=O) groups excluding carboxylic acids is 1. The number of piperazine rings is 1. The van der Waals surface area contributed by atoms with Crippen LogP contribution in [0.3, 0.4) is 0 Å². The van der Waals surface area contributed by atoms with E-state index in [0.29, 0.717) is 6.54 Å². The van der Waals surface area contributed by atoms with E-state index in [-0.39, 0.29) is 18.0 Å². The molecule has 0 bridgehead atoms. The van der Waals surface area contributed by atoms with Crippen molar-refractivity contribution in [1.29, 1.82) is 0 Å². The maximum Gasteiger partial charge on any atom is 0.238 e. The smallest absolute Gasteiger partial charge is 0.238 e. The molecule has 2 rings (SSSR count). The molecule has 6 heteroatoms. The summed E-state index contributed by atoms with van der Waals surface area (Å²) in [6, 6.07) is 0.151. The molecule has 1 saturated heterocycles. The molecule has 0 radical (unpaired) electrons. The molecule has 0 aromatic carbocycles. The van der Waals surface area contributed by atoms with Gasteiger partial charge >= 0.3 is 0 Å². The highest BCUT2D eigenvalue weighted by Crippen LogP contribution is 2.25. The fourth-order valence-electron chi connectivity index (χ4n) is 2.19. The molecule has 1 aromatic rings. The second kappa shape index (κ2) is 5.57. The molecule has 0 aliphatic carbocycles. The van der Waals surface area contributed by atoms with Crippen LogP contribution in [-0.4, -0.2) is 48.5 Å². The van der Waals surface area contributed by atoms with E-state index in [4.69, 9.17) is 0 Å². The van der Waals surface area contributed by atoms with Gasteiger partial charge in [0.15, 0.2) is 0 Å². The number of rotatable bonds is 3. The van der Waals surface area contributed by atoms with Gasteiger partial charge in [0.25, 0.3) is 0 Å². The average Bonchev–Trinajstić information content (AvgIpc) is 2.91. The van der Waals surface area contributed by atoms with Crippen LogP contribution in [0.4, 0.5) is 0 Å². The summed E-state index contributed by atoms with van der Waals surface area (Å²) in [6.07, 6.45) is 1.89. The van der Waals surface area contributed by atoms with E-state index in [1.165, 1.54) is 4.88 Å². The van der Waals surface area contributed by atoms with Crippen LogP contribution in [0.1, 0.15) is 17.8 Å². The Morgan fingerprint density at radius 1 is 1.76 bits per heavy atom. The zero-order valence-electron chi connectivity index (χ0n) is 10.1. The lowest BCUT2D eigenvalue weighted by atomic mass is 10.1. The van der Waals surface area contributed by atoms with Gasteiger partial charge in [-0.1, -0.05) is 0 Å². The molecule has 0 spiro atoms. The van der Waals surface area contributed by atoms with Gasteiger partial charge in [-0.15, -0.1) is 11.3 Å². The first-order valence-corrected chi connectivity index (χ1v) is 6.68. The third kappa shape index (κ3) is 2.65. The lowest BCUT2D eigenvalue weighted by molar-refractivity contribution is -0.127. The van der Waals surface area contributed by atoms with Crippen LogP contribution >= 0.6 is 11.3 Å². The van der Waals surface area contributed by atoms with E-state index in [1.807, 2.05) is 11.7 Å². The first-order valence-electron chi connectivity index (χ1n) is 5.80. The molecule has 0 saturated carbocycles. The zero-order valence-corrected chi connectivity index (χ0v) is 11.0. The highest BCUT2D eigenvalue weighted by Gasteiger charge is 2.32. The molecule has 1 aromatic heterocycles. The molecule has 5 nitrogen and oxygen atoms in total. The van der Waals surface area contributed by atoms with Gasteiger partial charge in [0.1, 0.15) is 6.04 Å². The monoisotopic (exact) mass is 254 g/mol. The summed E-state index contributed by atoms with van der Waals surface area (Å²) >= 11 is 1.64. The van der Waals surface area contributed by atoms with E-state index >= 15 is 0 Å². The van der Waals surface area contributed by atoms with Crippen LogP contribution < -0.4 is 10.6 Å². The molecule has 94 valence electrons. The number of aromatic nitrogens is 1. The number of carbonyl (C=O) groups is 1. The van der Waals surface area contributed by atoms with Crippen LogP contribution in [0.5, 0.6) is 0 Å². The third-order valence-electron chi connectivity index (χ3n) is 3.19. The lowest BCUT2D eigenvalue weighted by Crippen LogP contribution is -2.57. The second-order valence-corrected chi connectivity index (χ2v) is 5.07. The Morgan fingerprint density at radius 2 is 2.59 bits per heavy atom. The topological polar surface area (TPSA) is 57.3 Å². The maximum atomic E-state index is 11.8. The third-order valence-corrected chi connectivity index (χ3v) is 4.14. The Kier molecular flexibility index (Phi) is 4.09. The van der Waals surface area contributed by atoms with Gasteiger partial charge in [-0.05, 0) is 6.92 Å². The van der Waals surface area contributed by atoms with E-state index in [9.17, 15) is 4.79 Å². The van der Waals surface area contributed by atoms with E-state index < -0.39 is 0 Å². The summed E-state index contributed by atoms with van der Waals surface area (Å²) in [5.74, 6) is 0.0774. The lowest BCUT2D eigenvalue weighted by Gasteiger charge is -2.38. The normalized spacial score (nSPS) is 23.3. The number of hydrogen-bond acceptors (Lipinski definition) is 5. The SMILES string of the molecule is CNC(=O)C1CNCCN1C(C)c1cncs1. The predicted molar refractivity (Wildman–Crippen MR) is 68.0 cm³/mol. The van der Waals surface area contributed by atoms with Crippen LogP contribution in [0.2, 0.25) is 0 Å². The van der Waals surface area contributed by atoms with Gasteiger partial charge in [-0.3, -0.25) is 14.7 Å². The van der Waals surface area contributed by atoms with Crippen molar-refractivity contribution in [3.05, 3.63) is 16.6 Å². The molecular weight excluding hydrogens is 236 g/mol. The molecule has 1 amide bonds. The summed E-state index contributed by atoms with van der Waals surface area (Å²) in [7, 11) is 1.69. The minimum Gasteiger partial charge on any atom is -0.358 e. The Hall–Kier alpha value is -0.980. The zero-order chi connectivity index (χ0) is 12.3. The molecule has 2 unspecified atom stereocenters. The summed E-state index contributed by atoms with van der Waals surface area (Å²) in [6.45, 7) is 4.66. The van der Waals surface area contributed by atoms with Crippen molar-refractivity contribution in [2.24, 2.45) is 0 Å². The average molecular weight is 254 g/mol. The molecule has 17 heavy (non-hydrogen) atoms. The number of hydrogen-bond donors (Lipinski definition) is 2. The van der Waals surface area contributed by atoms with Gasteiger partial charge in [-0.2, -0.15) is 0 Å². The van der Waals surface area contributed by atoms with Crippen molar-refractivity contribution >= 4 is 17.2 Å². The molecular formula is C11H18N4OS. The summed E-state index contributed by atoms with van der Waals surface area (Å²) in [5, 5.41) is 6.00. The fraction of sp³-hybridized carbons (Fsp3) is 0.636. The van der Waals surface area contributed by atoms with E-state index in [0.717, 1.165) is 13.1 Å². The minimum absolute atomic E-state index is 0.0774. The standard InChI is InChI=1S/C11H18N4OS/c1-8(10-6-14-7-17-10)15-4-3-13-5-9(15)11(16)12-2/h6-9,13H,3-5H2,1-2H3,(H,12,16). The Morgan fingerprint density at radius 3 is 3.24 bits per heavy atom. The van der Waals surface area contributed by atoms with Gasteiger partial charge in [0, 0.05) is 43.8 Å². The molecule has 1 fully saturated rings. The molecule has 1 aliphatic rings. The number of thiazole rings is 1. The molecule has 2 heterocycles. The van der Waals surface area contributed by atoms with Crippen molar-refractivity contribution < 1.29 is 4.79 Å². The number of nitrogens with zero attached hydrogens (tertiary/aromatic N) is 2. The summed E-state index contributed by atoms with van der Waals surface area (Å²) in [4.78, 5) is 19.4. The van der Waals surface area contributed by atoms with Crippen molar-refractivity contribution in [1.82, 2.24) is 20.5 Å². The number of amides is 1. The largest absolute Gasteiger partial charge is 0.358 e. The van der Waals surface area contributed by atoms with Gasteiger partial charge in [0.05, 0.1) is 5.51 Å². The quantitative estimate of drug-likeness (QED) is 0.810. The van der Waals surface area contributed by atoms with Crippen LogP contribution in [-0.2, 0) is 4.79 Å². The fourth-order valence-corrected chi connectivity index (χ4v) is 2.89. The maximum absolute atomic E-state index is 11.8. The Labute approximate surface area is 105 Å². The summed E-state index contributed by atoms with van der Waals surface area (Å²) < 4.78 is 0. The van der Waals surface area contributed by atoms with Crippen LogP contribution in [0.25, 0.3) is 0 Å². The van der Waals surface area contributed by atoms with Crippen LogP contribution in [0.15, 0.2) is 11.7 Å². The van der Waals surface area contributed by atoms with Crippen molar-refractivity contribution in [3.8, 4) is 0 Å². The van der Waals surface area contributed by atoms with Crippen molar-refractivity contribution in [2.45, 2.75) is 19.0 Å². The van der Waals surface area contributed by atoms with Crippen molar-refractivity contribution in [2.75, 3.05) is 26.7 Å². The number of nitrogens with one attached hydrogen (secondary N) is 2. The van der Waals surface area contributed by atoms with Crippen LogP contribution in [0, 0.1) is 0 Å². The molecule has 2 atom stereocenters. The molecule has 1 aliphatic heterocycles. The second-order valence-electron chi connectivity index (χ2n) is 4.15. The number of likely N-dealkylation sites (N-methyl/N-ethyl adjacent to an activating group) is 1. The van der Waals surface area contributed by atoms with Gasteiger partial charge < -0.3 is 10.6 Å². The minimum atomic E-state index is -0.0918. The van der Waals surface area contributed by atoms with E-state index in [2.05, 4.69) is 27.4 Å². The highest BCUT2D eigenvalue weighted by molar-refractivity contribution is 7.09. The first kappa shape index (κ1) is 12.5. The highest BCUT2D eigenvalue weighted by atomic mass is 32.1. The van der Waals surface area contributed by atoms with Crippen molar-refractivity contribution in [3.63, 3.8) is 0 Å². The van der Waals surface area contributed by atoms with Gasteiger partial charge in [-0.25, -0.2) is 0 Å². The first-order chi connectivity index (χ1) is 8.24. The predicted octanol–water partition coefficient (Wildman–Crippen LogP) is 0.224. The molecule has 2 N–H and O–H groups in total. The Bertz CT molecular complexity index is 368. The van der Waals surface area contributed by atoms with E-state index in [1.54, 1.807) is 18.4 Å². The Balaban J connectivity index is 2.13.